The Morgan fingerprint density at radius 1 is 1.28 bits per heavy atom. The number of carbonyl (C=O) groups is 2. The van der Waals surface area contributed by atoms with Gasteiger partial charge in [-0.15, -0.1) is 11.3 Å². The topological polar surface area (TPSA) is 143 Å². The monoisotopic (exact) mass is 512 g/mol. The van der Waals surface area contributed by atoms with Gasteiger partial charge in [-0.3, -0.25) is 28.7 Å². The molecule has 4 aromatic heterocycles. The number of H-pyrrole nitrogens is 1. The van der Waals surface area contributed by atoms with E-state index in [0.29, 0.717) is 10.8 Å². The van der Waals surface area contributed by atoms with Crippen molar-refractivity contribution < 1.29 is 19.1 Å². The lowest BCUT2D eigenvalue weighted by molar-refractivity contribution is -0.123. The number of pyridine rings is 2. The molecule has 4 aromatic rings. The zero-order chi connectivity index (χ0) is 25.7. The SMILES string of the molecule is CC(C)n1[nH]c(CC(=O)C2CN(c3nc4c(cc3F)c(=O)c(C(=O)O)cn4-c3nccs3)C2)cc1=O. The van der Waals surface area contributed by atoms with Crippen LogP contribution in [0.1, 0.15) is 35.9 Å². The van der Waals surface area contributed by atoms with Crippen LogP contribution < -0.4 is 15.9 Å². The highest BCUT2D eigenvalue weighted by Crippen LogP contribution is 2.29. The minimum Gasteiger partial charge on any atom is -0.477 e. The summed E-state index contributed by atoms with van der Waals surface area (Å²) in [7, 11) is 0. The third-order valence-corrected chi connectivity index (χ3v) is 6.86. The molecule has 13 heteroatoms. The predicted octanol–water partition coefficient (Wildman–Crippen LogP) is 2.00. The van der Waals surface area contributed by atoms with Crippen molar-refractivity contribution in [1.82, 2.24) is 24.3 Å². The Bertz CT molecular complexity index is 1610. The van der Waals surface area contributed by atoms with Crippen LogP contribution in [0.25, 0.3) is 16.2 Å². The van der Waals surface area contributed by atoms with E-state index in [1.165, 1.54) is 32.8 Å². The van der Waals surface area contributed by atoms with Gasteiger partial charge < -0.3 is 10.0 Å². The number of carboxylic acids is 1. The maximum Gasteiger partial charge on any atom is 0.341 e. The summed E-state index contributed by atoms with van der Waals surface area (Å²) >= 11 is 1.20. The number of aromatic nitrogens is 5. The fourth-order valence-corrected chi connectivity index (χ4v) is 4.81. The second-order valence-electron chi connectivity index (χ2n) is 8.86. The van der Waals surface area contributed by atoms with E-state index in [1.807, 2.05) is 13.8 Å². The Morgan fingerprint density at radius 2 is 2.03 bits per heavy atom. The first-order valence-electron chi connectivity index (χ1n) is 11.1. The smallest absolute Gasteiger partial charge is 0.341 e. The Balaban J connectivity index is 1.42. The molecule has 1 fully saturated rings. The molecule has 2 N–H and O–H groups in total. The Morgan fingerprint density at radius 3 is 2.64 bits per heavy atom. The van der Waals surface area contributed by atoms with Gasteiger partial charge in [-0.1, -0.05) is 0 Å². The number of nitrogens with one attached hydrogen (secondary N) is 1. The highest BCUT2D eigenvalue weighted by atomic mass is 32.1. The predicted molar refractivity (Wildman–Crippen MR) is 130 cm³/mol. The molecule has 0 radical (unpaired) electrons. The van der Waals surface area contributed by atoms with Gasteiger partial charge in [0.05, 0.1) is 11.3 Å². The van der Waals surface area contributed by atoms with Gasteiger partial charge in [-0.05, 0) is 19.9 Å². The van der Waals surface area contributed by atoms with E-state index >= 15 is 4.39 Å². The summed E-state index contributed by atoms with van der Waals surface area (Å²) in [6, 6.07) is 2.32. The quantitative estimate of drug-likeness (QED) is 0.383. The Labute approximate surface area is 206 Å². The van der Waals surface area contributed by atoms with E-state index in [9.17, 15) is 24.3 Å². The van der Waals surface area contributed by atoms with E-state index in [-0.39, 0.29) is 59.7 Å². The average Bonchev–Trinajstić information content (AvgIpc) is 3.43. The number of rotatable bonds is 7. The van der Waals surface area contributed by atoms with Crippen LogP contribution in [0.2, 0.25) is 0 Å². The molecule has 5 rings (SSSR count). The number of hydrogen-bond donors (Lipinski definition) is 2. The van der Waals surface area contributed by atoms with Gasteiger partial charge in [-0.25, -0.2) is 19.2 Å². The van der Waals surface area contributed by atoms with Crippen LogP contribution in [-0.4, -0.2) is 54.3 Å². The summed E-state index contributed by atoms with van der Waals surface area (Å²) in [4.78, 5) is 59.1. The first kappa shape index (κ1) is 23.6. The van der Waals surface area contributed by atoms with E-state index in [4.69, 9.17) is 0 Å². The molecule has 186 valence electrons. The number of carbonyl (C=O) groups excluding carboxylic acids is 1. The normalized spacial score (nSPS) is 13.9. The van der Waals surface area contributed by atoms with Gasteiger partial charge in [0.2, 0.25) is 5.43 Å². The van der Waals surface area contributed by atoms with Crippen LogP contribution in [0.4, 0.5) is 10.2 Å². The Kier molecular flexibility index (Phi) is 5.79. The first-order chi connectivity index (χ1) is 17.1. The van der Waals surface area contributed by atoms with Crippen molar-refractivity contribution >= 4 is 39.9 Å². The lowest BCUT2D eigenvalue weighted by Crippen LogP contribution is -2.51. The molecule has 0 atom stereocenters. The summed E-state index contributed by atoms with van der Waals surface area (Å²) in [5.74, 6) is -2.74. The molecule has 0 saturated carbocycles. The van der Waals surface area contributed by atoms with Crippen LogP contribution >= 0.6 is 11.3 Å². The number of aromatic carboxylic acids is 1. The largest absolute Gasteiger partial charge is 0.477 e. The van der Waals surface area contributed by atoms with Crippen LogP contribution in [0.3, 0.4) is 0 Å². The number of ketones is 1. The molecule has 11 nitrogen and oxygen atoms in total. The third-order valence-electron chi connectivity index (χ3n) is 6.09. The molecular formula is C23H21FN6O5S. The fourth-order valence-electron chi connectivity index (χ4n) is 4.19. The number of Topliss-reactive ketones (excluding diaryl/α,β-unsaturated/α-hetero) is 1. The number of fused-ring (bicyclic) bond motifs is 1. The van der Waals surface area contributed by atoms with E-state index in [0.717, 1.165) is 12.3 Å². The standard InChI is InChI=1S/C23H21FN6O5S/c1-11(2)30-18(32)6-13(27-30)5-17(31)12-8-28(9-12)21-16(24)7-14-19(33)15(22(34)35)10-29(20(14)26-21)23-25-3-4-36-23/h3-4,6-7,10-12,27H,5,8-9H2,1-2H3,(H,34,35). The molecule has 1 aliphatic rings. The second kappa shape index (κ2) is 8.82. The zero-order valence-corrected chi connectivity index (χ0v) is 20.1. The van der Waals surface area contributed by atoms with Gasteiger partial charge in [0.15, 0.2) is 22.4 Å². The second-order valence-corrected chi connectivity index (χ2v) is 9.73. The molecule has 0 bridgehead atoms. The molecule has 5 heterocycles. The summed E-state index contributed by atoms with van der Waals surface area (Å²) in [5.41, 5.74) is -0.983. The summed E-state index contributed by atoms with van der Waals surface area (Å²) in [6.07, 6.45) is 2.71. The molecule has 36 heavy (non-hydrogen) atoms. The summed E-state index contributed by atoms with van der Waals surface area (Å²) in [6.45, 7) is 4.15. The van der Waals surface area contributed by atoms with Crippen molar-refractivity contribution in [2.24, 2.45) is 5.92 Å². The summed E-state index contributed by atoms with van der Waals surface area (Å²) < 4.78 is 17.8. The number of thiazole rings is 1. The van der Waals surface area contributed by atoms with Crippen molar-refractivity contribution in [2.45, 2.75) is 26.3 Å². The van der Waals surface area contributed by atoms with Crippen LogP contribution in [-0.2, 0) is 11.2 Å². The van der Waals surface area contributed by atoms with Crippen molar-refractivity contribution in [3.8, 4) is 5.13 Å². The highest BCUT2D eigenvalue weighted by Gasteiger charge is 2.35. The number of halogens is 1. The van der Waals surface area contributed by atoms with Crippen LogP contribution in [0, 0.1) is 11.7 Å². The lowest BCUT2D eigenvalue weighted by Gasteiger charge is -2.39. The number of hydrogen-bond acceptors (Lipinski definition) is 8. The minimum atomic E-state index is -1.44. The molecule has 0 unspecified atom stereocenters. The van der Waals surface area contributed by atoms with Crippen LogP contribution in [0.15, 0.2) is 39.5 Å². The lowest BCUT2D eigenvalue weighted by atomic mass is 9.92. The number of carboxylic acid groups (broad SMARTS) is 1. The van der Waals surface area contributed by atoms with E-state index in [2.05, 4.69) is 15.1 Å². The first-order valence-corrected chi connectivity index (χ1v) is 12.0. The third kappa shape index (κ3) is 4.00. The summed E-state index contributed by atoms with van der Waals surface area (Å²) in [5, 5.41) is 14.2. The van der Waals surface area contributed by atoms with Crippen molar-refractivity contribution in [3.63, 3.8) is 0 Å². The highest BCUT2D eigenvalue weighted by molar-refractivity contribution is 7.12. The molecule has 0 aromatic carbocycles. The van der Waals surface area contributed by atoms with Crippen molar-refractivity contribution in [3.05, 3.63) is 67.6 Å². The maximum atomic E-state index is 15.0. The molecule has 0 aliphatic carbocycles. The molecule has 1 saturated heterocycles. The van der Waals surface area contributed by atoms with Crippen molar-refractivity contribution in [1.29, 1.82) is 0 Å². The molecule has 1 aliphatic heterocycles. The van der Waals surface area contributed by atoms with E-state index < -0.39 is 22.8 Å². The van der Waals surface area contributed by atoms with Gasteiger partial charge >= 0.3 is 5.97 Å². The fraction of sp³-hybridized carbons (Fsp3) is 0.304. The zero-order valence-electron chi connectivity index (χ0n) is 19.3. The van der Waals surface area contributed by atoms with E-state index in [1.54, 1.807) is 10.3 Å². The Hall–Kier alpha value is -4.13. The average molecular weight is 513 g/mol. The molecular weight excluding hydrogens is 491 g/mol. The molecule has 0 amide bonds. The van der Waals surface area contributed by atoms with Crippen molar-refractivity contribution in [2.75, 3.05) is 18.0 Å². The minimum absolute atomic E-state index is 0.0429. The van der Waals surface area contributed by atoms with Gasteiger partial charge in [0.1, 0.15) is 11.3 Å². The number of anilines is 1. The number of aromatic amines is 1. The van der Waals surface area contributed by atoms with Crippen LogP contribution in [0.5, 0.6) is 0 Å². The van der Waals surface area contributed by atoms with Gasteiger partial charge in [0.25, 0.3) is 5.56 Å². The van der Waals surface area contributed by atoms with Gasteiger partial charge in [0, 0.05) is 55.1 Å². The molecule has 0 spiro atoms. The maximum absolute atomic E-state index is 15.0. The van der Waals surface area contributed by atoms with Gasteiger partial charge in [-0.2, -0.15) is 0 Å². The number of nitrogens with zero attached hydrogens (tertiary/aromatic N) is 5.